The van der Waals surface area contributed by atoms with E-state index in [4.69, 9.17) is 11.6 Å². The third-order valence-corrected chi connectivity index (χ3v) is 5.67. The number of carboxylic acid groups (broad SMARTS) is 1. The molecule has 6 nitrogen and oxygen atoms in total. The molecule has 7 heteroatoms. The Hall–Kier alpha value is -2.34. The van der Waals surface area contributed by atoms with E-state index in [2.05, 4.69) is 5.10 Å². The van der Waals surface area contributed by atoms with Crippen LogP contribution < -0.4 is 0 Å². The van der Waals surface area contributed by atoms with Crippen molar-refractivity contribution in [1.29, 1.82) is 0 Å². The number of hydrogen-bond acceptors (Lipinski definition) is 3. The summed E-state index contributed by atoms with van der Waals surface area (Å²) in [6.07, 6.45) is 0.778. The summed E-state index contributed by atoms with van der Waals surface area (Å²) in [6.45, 7) is 6.73. The molecule has 3 rings (SSSR count). The smallest absolute Gasteiger partial charge is 0.306 e. The molecule has 2 aromatic rings. The van der Waals surface area contributed by atoms with Gasteiger partial charge in [-0.15, -0.1) is 0 Å². The van der Waals surface area contributed by atoms with Crippen molar-refractivity contribution in [2.45, 2.75) is 33.6 Å². The summed E-state index contributed by atoms with van der Waals surface area (Å²) in [4.78, 5) is 25.8. The van der Waals surface area contributed by atoms with Crippen molar-refractivity contribution >= 4 is 23.5 Å². The molecule has 1 N–H and O–H groups in total. The quantitative estimate of drug-likeness (QED) is 0.870. The largest absolute Gasteiger partial charge is 0.481 e. The van der Waals surface area contributed by atoms with Gasteiger partial charge < -0.3 is 10.0 Å². The zero-order valence-corrected chi connectivity index (χ0v) is 16.5. The van der Waals surface area contributed by atoms with Crippen LogP contribution in [0.3, 0.4) is 0 Å². The first-order valence-electron chi connectivity index (χ1n) is 9.09. The van der Waals surface area contributed by atoms with Crippen molar-refractivity contribution in [3.63, 3.8) is 0 Å². The molecule has 144 valence electrons. The average molecular weight is 390 g/mol. The minimum absolute atomic E-state index is 0.0209. The number of nitrogens with zero attached hydrogens (tertiary/aromatic N) is 3. The molecule has 1 fully saturated rings. The maximum absolute atomic E-state index is 12.8. The summed E-state index contributed by atoms with van der Waals surface area (Å²) in [6, 6.07) is 7.41. The summed E-state index contributed by atoms with van der Waals surface area (Å²) in [5, 5.41) is 14.5. The third kappa shape index (κ3) is 4.00. The lowest BCUT2D eigenvalue weighted by atomic mass is 9.87. The maximum Gasteiger partial charge on any atom is 0.306 e. The van der Waals surface area contributed by atoms with Gasteiger partial charge in [0, 0.05) is 29.4 Å². The van der Waals surface area contributed by atoms with Crippen molar-refractivity contribution in [2.24, 2.45) is 11.8 Å². The Kier molecular flexibility index (Phi) is 5.56. The molecule has 0 aliphatic carbocycles. The van der Waals surface area contributed by atoms with Gasteiger partial charge in [0.25, 0.3) is 0 Å². The van der Waals surface area contributed by atoms with Gasteiger partial charge in [-0.05, 0) is 50.5 Å². The Morgan fingerprint density at radius 3 is 2.52 bits per heavy atom. The lowest BCUT2D eigenvalue weighted by Gasteiger charge is -2.35. The molecule has 0 radical (unpaired) electrons. The summed E-state index contributed by atoms with van der Waals surface area (Å²) < 4.78 is 1.83. The van der Waals surface area contributed by atoms with Gasteiger partial charge in [-0.1, -0.05) is 18.5 Å². The van der Waals surface area contributed by atoms with Gasteiger partial charge >= 0.3 is 5.97 Å². The first kappa shape index (κ1) is 19.4. The van der Waals surface area contributed by atoms with Crippen LogP contribution in [0.4, 0.5) is 0 Å². The molecular formula is C20H24ClN3O3. The zero-order chi connectivity index (χ0) is 19.7. The SMILES string of the molecule is Cc1nn(-c2ccc(Cl)cc2)c(C)c1CC(=O)N1CCC(C(=O)O)C(C)C1. The molecule has 2 atom stereocenters. The number of hydrogen-bond donors (Lipinski definition) is 1. The van der Waals surface area contributed by atoms with Crippen molar-refractivity contribution < 1.29 is 14.7 Å². The molecule has 2 unspecified atom stereocenters. The second kappa shape index (κ2) is 7.72. The second-order valence-electron chi connectivity index (χ2n) is 7.26. The number of aromatic nitrogens is 2. The molecule has 1 aliphatic rings. The normalized spacial score (nSPS) is 19.9. The van der Waals surface area contributed by atoms with Gasteiger partial charge in [0.15, 0.2) is 0 Å². The molecule has 0 bridgehead atoms. The van der Waals surface area contributed by atoms with Gasteiger partial charge in [-0.2, -0.15) is 5.10 Å². The van der Waals surface area contributed by atoms with E-state index in [1.54, 1.807) is 4.90 Å². The molecule has 1 aromatic carbocycles. The predicted molar refractivity (Wildman–Crippen MR) is 103 cm³/mol. The number of likely N-dealkylation sites (tertiary alicyclic amines) is 1. The van der Waals surface area contributed by atoms with Gasteiger partial charge in [-0.3, -0.25) is 9.59 Å². The number of carbonyl (C=O) groups excluding carboxylic acids is 1. The number of halogens is 1. The van der Waals surface area contributed by atoms with Crippen LogP contribution in [0.5, 0.6) is 0 Å². The highest BCUT2D eigenvalue weighted by atomic mass is 35.5. The monoisotopic (exact) mass is 389 g/mol. The first-order chi connectivity index (χ1) is 12.8. The molecule has 0 spiro atoms. The van der Waals surface area contributed by atoms with Gasteiger partial charge in [0.2, 0.25) is 5.91 Å². The number of amides is 1. The molecule has 1 aliphatic heterocycles. The highest BCUT2D eigenvalue weighted by Gasteiger charge is 2.33. The molecule has 2 heterocycles. The van der Waals surface area contributed by atoms with E-state index < -0.39 is 5.97 Å². The number of piperidine rings is 1. The van der Waals surface area contributed by atoms with Crippen LogP contribution in [0.1, 0.15) is 30.3 Å². The fraction of sp³-hybridized carbons (Fsp3) is 0.450. The molecular weight excluding hydrogens is 366 g/mol. The summed E-state index contributed by atoms with van der Waals surface area (Å²) in [5.41, 5.74) is 3.57. The van der Waals surface area contributed by atoms with Crippen molar-refractivity contribution in [3.8, 4) is 5.69 Å². The van der Waals surface area contributed by atoms with Crippen LogP contribution in [0.15, 0.2) is 24.3 Å². The summed E-state index contributed by atoms with van der Waals surface area (Å²) in [5.74, 6) is -1.16. The number of rotatable bonds is 4. The Morgan fingerprint density at radius 1 is 1.26 bits per heavy atom. The minimum atomic E-state index is -0.773. The van der Waals surface area contributed by atoms with Gasteiger partial charge in [-0.25, -0.2) is 4.68 Å². The van der Waals surface area contributed by atoms with E-state index in [0.29, 0.717) is 24.5 Å². The highest BCUT2D eigenvalue weighted by Crippen LogP contribution is 2.25. The van der Waals surface area contributed by atoms with E-state index in [9.17, 15) is 14.7 Å². The van der Waals surface area contributed by atoms with E-state index in [1.165, 1.54) is 0 Å². The number of carbonyl (C=O) groups is 2. The van der Waals surface area contributed by atoms with Crippen LogP contribution >= 0.6 is 11.6 Å². The first-order valence-corrected chi connectivity index (χ1v) is 9.47. The lowest BCUT2D eigenvalue weighted by molar-refractivity contribution is -0.148. The highest BCUT2D eigenvalue weighted by molar-refractivity contribution is 6.30. The van der Waals surface area contributed by atoms with E-state index in [-0.39, 0.29) is 24.2 Å². The molecule has 27 heavy (non-hydrogen) atoms. The van der Waals surface area contributed by atoms with Crippen LogP contribution in [0.2, 0.25) is 5.02 Å². The standard InChI is InChI=1S/C20H24ClN3O3/c1-12-11-23(9-8-17(12)20(26)27)19(25)10-18-13(2)22-24(14(18)3)16-6-4-15(21)5-7-16/h4-7,12,17H,8-11H2,1-3H3,(H,26,27). The van der Waals surface area contributed by atoms with Gasteiger partial charge in [0.1, 0.15) is 0 Å². The molecule has 1 amide bonds. The number of benzene rings is 1. The van der Waals surface area contributed by atoms with Crippen molar-refractivity contribution in [3.05, 3.63) is 46.2 Å². The number of carboxylic acids is 1. The Balaban J connectivity index is 1.75. The molecule has 1 saturated heterocycles. The minimum Gasteiger partial charge on any atom is -0.481 e. The van der Waals surface area contributed by atoms with Crippen LogP contribution in [0, 0.1) is 25.7 Å². The van der Waals surface area contributed by atoms with Crippen LogP contribution in [-0.2, 0) is 16.0 Å². The summed E-state index contributed by atoms with van der Waals surface area (Å²) in [7, 11) is 0. The molecule has 1 aromatic heterocycles. The lowest BCUT2D eigenvalue weighted by Crippen LogP contribution is -2.45. The van der Waals surface area contributed by atoms with Gasteiger partial charge in [0.05, 0.1) is 23.7 Å². The Labute approximate surface area is 163 Å². The third-order valence-electron chi connectivity index (χ3n) is 5.42. The van der Waals surface area contributed by atoms with Crippen molar-refractivity contribution in [1.82, 2.24) is 14.7 Å². The number of aryl methyl sites for hydroxylation is 1. The van der Waals surface area contributed by atoms with E-state index in [1.807, 2.05) is 49.7 Å². The summed E-state index contributed by atoms with van der Waals surface area (Å²) >= 11 is 5.96. The Bertz CT molecular complexity index is 860. The zero-order valence-electron chi connectivity index (χ0n) is 15.8. The topological polar surface area (TPSA) is 75.4 Å². The fourth-order valence-electron chi connectivity index (χ4n) is 3.77. The fourth-order valence-corrected chi connectivity index (χ4v) is 3.89. The maximum atomic E-state index is 12.8. The number of aliphatic carboxylic acids is 1. The van der Waals surface area contributed by atoms with E-state index >= 15 is 0 Å². The van der Waals surface area contributed by atoms with Crippen LogP contribution in [-0.4, -0.2) is 44.8 Å². The molecule has 0 saturated carbocycles. The average Bonchev–Trinajstić information content (AvgIpc) is 2.90. The predicted octanol–water partition coefficient (Wildman–Crippen LogP) is 3.25. The second-order valence-corrected chi connectivity index (χ2v) is 7.70. The van der Waals surface area contributed by atoms with E-state index in [0.717, 1.165) is 22.6 Å². The van der Waals surface area contributed by atoms with Crippen LogP contribution in [0.25, 0.3) is 5.69 Å². The van der Waals surface area contributed by atoms with Crippen molar-refractivity contribution in [2.75, 3.05) is 13.1 Å². The Morgan fingerprint density at radius 2 is 1.93 bits per heavy atom.